The SMILES string of the molecule is CC(C)[C@H](NC(=O)OC(C)(C)C)C(=O)Nc1ccc(-c2cc3cc(NC(=O)[C@@H]4CCCN4C(=O)[C@@H](c4ccccc4)N(C)C)ccc3[nH]2)cc1. The van der Waals surface area contributed by atoms with E-state index in [0.29, 0.717) is 24.3 Å². The van der Waals surface area contributed by atoms with Crippen LogP contribution in [0.1, 0.15) is 59.1 Å². The largest absolute Gasteiger partial charge is 0.444 e. The van der Waals surface area contributed by atoms with Gasteiger partial charge in [-0.3, -0.25) is 19.3 Å². The van der Waals surface area contributed by atoms with E-state index in [4.69, 9.17) is 4.74 Å². The maximum absolute atomic E-state index is 13.7. The average Bonchev–Trinajstić information content (AvgIpc) is 3.71. The first-order valence-electron chi connectivity index (χ1n) is 17.1. The normalized spacial score (nSPS) is 15.9. The Kier molecular flexibility index (Phi) is 11.0. The molecular weight excluding hydrogens is 632 g/mol. The van der Waals surface area contributed by atoms with Crippen LogP contribution in [0.4, 0.5) is 16.2 Å². The highest BCUT2D eigenvalue weighted by Gasteiger charge is 2.38. The van der Waals surface area contributed by atoms with Crippen molar-refractivity contribution in [3.05, 3.63) is 84.4 Å². The van der Waals surface area contributed by atoms with Gasteiger partial charge in [-0.15, -0.1) is 0 Å². The van der Waals surface area contributed by atoms with Gasteiger partial charge in [-0.2, -0.15) is 0 Å². The summed E-state index contributed by atoms with van der Waals surface area (Å²) < 4.78 is 5.33. The van der Waals surface area contributed by atoms with Gasteiger partial charge in [0.15, 0.2) is 0 Å². The zero-order valence-corrected chi connectivity index (χ0v) is 29.9. The van der Waals surface area contributed by atoms with Crippen molar-refractivity contribution in [3.63, 3.8) is 0 Å². The van der Waals surface area contributed by atoms with Crippen molar-refractivity contribution in [1.82, 2.24) is 20.1 Å². The van der Waals surface area contributed by atoms with Crippen LogP contribution in [0.25, 0.3) is 22.2 Å². The van der Waals surface area contributed by atoms with Crippen molar-refractivity contribution >= 4 is 46.1 Å². The van der Waals surface area contributed by atoms with Crippen LogP contribution < -0.4 is 16.0 Å². The first-order valence-corrected chi connectivity index (χ1v) is 17.1. The van der Waals surface area contributed by atoms with Gasteiger partial charge in [0.25, 0.3) is 0 Å². The number of H-pyrrole nitrogens is 1. The maximum Gasteiger partial charge on any atom is 0.408 e. The highest BCUT2D eigenvalue weighted by Crippen LogP contribution is 2.30. The molecular formula is C39H48N6O5. The lowest BCUT2D eigenvalue weighted by atomic mass is 10.0. The van der Waals surface area contributed by atoms with Crippen LogP contribution in [-0.4, -0.2) is 76.9 Å². The van der Waals surface area contributed by atoms with Crippen molar-refractivity contribution in [2.45, 2.75) is 71.2 Å². The molecule has 3 atom stereocenters. The summed E-state index contributed by atoms with van der Waals surface area (Å²) in [5, 5.41) is 9.53. The third-order valence-corrected chi connectivity index (χ3v) is 8.68. The molecule has 11 nitrogen and oxygen atoms in total. The molecule has 3 aromatic carbocycles. The van der Waals surface area contributed by atoms with E-state index in [9.17, 15) is 19.2 Å². The number of rotatable bonds is 10. The smallest absolute Gasteiger partial charge is 0.408 e. The number of hydrogen-bond donors (Lipinski definition) is 4. The standard InChI is InChI=1S/C39H48N6O5/c1-24(2)33(43-38(49)50-39(3,4)5)36(47)40-28-17-15-25(16-18-28)31-23-27-22-29(19-20-30(27)42-31)41-35(46)32-14-11-21-45(32)37(48)34(44(6)7)26-12-9-8-10-13-26/h8-10,12-13,15-20,22-24,32-34,42H,11,14,21H2,1-7H3,(H,40,47)(H,41,46)(H,43,49)/t32-,33-,34+/m0/s1. The third-order valence-electron chi connectivity index (χ3n) is 8.68. The zero-order valence-electron chi connectivity index (χ0n) is 29.9. The topological polar surface area (TPSA) is 136 Å². The molecule has 1 fully saturated rings. The Morgan fingerprint density at radius 1 is 0.900 bits per heavy atom. The Hall–Kier alpha value is -5.16. The van der Waals surface area contributed by atoms with Crippen LogP contribution in [0.15, 0.2) is 78.9 Å². The molecule has 0 unspecified atom stereocenters. The summed E-state index contributed by atoms with van der Waals surface area (Å²) in [4.78, 5) is 59.7. The number of hydrogen-bond acceptors (Lipinski definition) is 6. The van der Waals surface area contributed by atoms with E-state index in [1.165, 1.54) is 0 Å². The Bertz CT molecular complexity index is 1830. The number of alkyl carbamates (subject to hydrolysis) is 1. The minimum Gasteiger partial charge on any atom is -0.444 e. The fourth-order valence-electron chi connectivity index (χ4n) is 6.27. The first-order chi connectivity index (χ1) is 23.7. The monoisotopic (exact) mass is 680 g/mol. The van der Waals surface area contributed by atoms with E-state index in [1.807, 2.05) is 112 Å². The number of nitrogens with zero attached hydrogens (tertiary/aromatic N) is 2. The summed E-state index contributed by atoms with van der Waals surface area (Å²) >= 11 is 0. The molecule has 4 N–H and O–H groups in total. The van der Waals surface area contributed by atoms with Crippen molar-refractivity contribution in [3.8, 4) is 11.3 Å². The second-order valence-electron chi connectivity index (χ2n) is 14.4. The van der Waals surface area contributed by atoms with Crippen molar-refractivity contribution < 1.29 is 23.9 Å². The second-order valence-corrected chi connectivity index (χ2v) is 14.4. The van der Waals surface area contributed by atoms with E-state index in [1.54, 1.807) is 25.7 Å². The Morgan fingerprint density at radius 2 is 1.58 bits per heavy atom. The average molecular weight is 681 g/mol. The van der Waals surface area contributed by atoms with Crippen LogP contribution >= 0.6 is 0 Å². The molecule has 1 aromatic heterocycles. The molecule has 0 spiro atoms. The van der Waals surface area contributed by atoms with E-state index >= 15 is 0 Å². The lowest BCUT2D eigenvalue weighted by molar-refractivity contribution is -0.140. The number of anilines is 2. The molecule has 5 rings (SSSR count). The number of carbonyl (C=O) groups is 4. The number of benzene rings is 3. The van der Waals surface area contributed by atoms with Crippen LogP contribution in [-0.2, 0) is 19.1 Å². The first kappa shape index (κ1) is 36.1. The van der Waals surface area contributed by atoms with Crippen LogP contribution in [0.2, 0.25) is 0 Å². The molecule has 0 aliphatic carbocycles. The van der Waals surface area contributed by atoms with Crippen LogP contribution in [0.5, 0.6) is 0 Å². The number of likely N-dealkylation sites (tertiary alicyclic amines) is 1. The number of aromatic amines is 1. The zero-order chi connectivity index (χ0) is 36.2. The lowest BCUT2D eigenvalue weighted by Crippen LogP contribution is -2.48. The van der Waals surface area contributed by atoms with Crippen molar-refractivity contribution in [1.29, 1.82) is 0 Å². The van der Waals surface area contributed by atoms with Gasteiger partial charge in [-0.1, -0.05) is 56.3 Å². The second kappa shape index (κ2) is 15.2. The minimum absolute atomic E-state index is 0.0765. The highest BCUT2D eigenvalue weighted by atomic mass is 16.6. The number of likely N-dealkylation sites (N-methyl/N-ethyl adjacent to an activating group) is 1. The molecule has 11 heteroatoms. The summed E-state index contributed by atoms with van der Waals surface area (Å²) in [6, 6.07) is 23.0. The molecule has 1 saturated heterocycles. The molecule has 1 aliphatic rings. The van der Waals surface area contributed by atoms with E-state index < -0.39 is 29.8 Å². The van der Waals surface area contributed by atoms with Gasteiger partial charge >= 0.3 is 6.09 Å². The van der Waals surface area contributed by atoms with Gasteiger partial charge in [-0.05, 0) is 101 Å². The molecule has 264 valence electrons. The minimum atomic E-state index is -0.769. The van der Waals surface area contributed by atoms with E-state index in [-0.39, 0.29) is 23.6 Å². The summed E-state index contributed by atoms with van der Waals surface area (Å²) in [6.07, 6.45) is 0.733. The summed E-state index contributed by atoms with van der Waals surface area (Å²) in [5.74, 6) is -0.766. The molecule has 4 amide bonds. The van der Waals surface area contributed by atoms with Gasteiger partial charge in [0.05, 0.1) is 0 Å². The summed E-state index contributed by atoms with van der Waals surface area (Å²) in [5.41, 5.74) is 4.15. The van der Waals surface area contributed by atoms with Gasteiger partial charge < -0.3 is 30.6 Å². The number of aromatic nitrogens is 1. The maximum atomic E-state index is 13.7. The number of fused-ring (bicyclic) bond motifs is 1. The molecule has 0 bridgehead atoms. The van der Waals surface area contributed by atoms with Crippen molar-refractivity contribution in [2.24, 2.45) is 5.92 Å². The van der Waals surface area contributed by atoms with Crippen molar-refractivity contribution in [2.75, 3.05) is 31.3 Å². The highest BCUT2D eigenvalue weighted by molar-refractivity contribution is 6.00. The fraction of sp³-hybridized carbons (Fsp3) is 0.385. The molecule has 1 aliphatic heterocycles. The molecule has 2 heterocycles. The van der Waals surface area contributed by atoms with Gasteiger partial charge in [0.1, 0.15) is 23.7 Å². The van der Waals surface area contributed by atoms with Gasteiger partial charge in [0.2, 0.25) is 17.7 Å². The molecule has 50 heavy (non-hydrogen) atoms. The van der Waals surface area contributed by atoms with Gasteiger partial charge in [0, 0.05) is 34.5 Å². The Morgan fingerprint density at radius 3 is 2.22 bits per heavy atom. The summed E-state index contributed by atoms with van der Waals surface area (Å²) in [6.45, 7) is 9.56. The van der Waals surface area contributed by atoms with Crippen LogP contribution in [0.3, 0.4) is 0 Å². The Balaban J connectivity index is 1.24. The number of carbonyl (C=O) groups excluding carboxylic acids is 4. The fourth-order valence-corrected chi connectivity index (χ4v) is 6.27. The lowest BCUT2D eigenvalue weighted by Gasteiger charge is -2.31. The quantitative estimate of drug-likeness (QED) is 0.150. The van der Waals surface area contributed by atoms with E-state index in [2.05, 4.69) is 20.9 Å². The predicted molar refractivity (Wildman–Crippen MR) is 197 cm³/mol. The molecule has 0 radical (unpaired) electrons. The number of amides is 4. The molecule has 0 saturated carbocycles. The number of ether oxygens (including phenoxy) is 1. The molecule has 4 aromatic rings. The number of nitrogens with one attached hydrogen (secondary N) is 4. The van der Waals surface area contributed by atoms with Gasteiger partial charge in [-0.25, -0.2) is 4.79 Å². The Labute approximate surface area is 293 Å². The van der Waals surface area contributed by atoms with Crippen LogP contribution in [0, 0.1) is 5.92 Å². The predicted octanol–water partition coefficient (Wildman–Crippen LogP) is 6.56. The third kappa shape index (κ3) is 8.70. The van der Waals surface area contributed by atoms with E-state index in [0.717, 1.165) is 34.1 Å². The summed E-state index contributed by atoms with van der Waals surface area (Å²) in [7, 11) is 3.76.